The van der Waals surface area contributed by atoms with Gasteiger partial charge < -0.3 is 19.6 Å². The van der Waals surface area contributed by atoms with E-state index in [1.807, 2.05) is 30.3 Å². The summed E-state index contributed by atoms with van der Waals surface area (Å²) in [7, 11) is 0. The Morgan fingerprint density at radius 3 is 2.67 bits per heavy atom. The number of esters is 1. The summed E-state index contributed by atoms with van der Waals surface area (Å²) in [6.07, 6.45) is 6.05. The Hall–Kier alpha value is -4.53. The zero-order chi connectivity index (χ0) is 23.8. The van der Waals surface area contributed by atoms with E-state index in [0.717, 1.165) is 11.8 Å². The molecule has 1 unspecified atom stereocenters. The lowest BCUT2D eigenvalue weighted by Crippen LogP contribution is -2.33. The maximum absolute atomic E-state index is 12.9. The second-order valence-corrected chi connectivity index (χ2v) is 6.70. The maximum atomic E-state index is 12.9. The number of carbonyl (C=O) groups is 2. The fourth-order valence-corrected chi connectivity index (χ4v) is 3.00. The second-order valence-electron chi connectivity index (χ2n) is 6.70. The number of nitrogens with one attached hydrogen (secondary N) is 2. The SMILES string of the molecule is C=C/C=C(\C=C)C(NC(=O)c1cnc(-c2cc(C(=O)OCC)on2)[nH]c1=O)c1ccccc1. The molecule has 3 rings (SSSR count). The van der Waals surface area contributed by atoms with Gasteiger partial charge in [0.25, 0.3) is 11.5 Å². The number of benzene rings is 1. The summed E-state index contributed by atoms with van der Waals surface area (Å²) in [6, 6.07) is 9.97. The van der Waals surface area contributed by atoms with Crippen molar-refractivity contribution in [2.24, 2.45) is 0 Å². The van der Waals surface area contributed by atoms with Crippen LogP contribution in [0.4, 0.5) is 0 Å². The largest absolute Gasteiger partial charge is 0.460 e. The number of hydrogen-bond acceptors (Lipinski definition) is 7. The van der Waals surface area contributed by atoms with Gasteiger partial charge in [-0.2, -0.15) is 0 Å². The van der Waals surface area contributed by atoms with Crippen molar-refractivity contribution < 1.29 is 18.8 Å². The minimum absolute atomic E-state index is 0.0359. The van der Waals surface area contributed by atoms with Crippen molar-refractivity contribution in [3.63, 3.8) is 0 Å². The van der Waals surface area contributed by atoms with E-state index >= 15 is 0 Å². The van der Waals surface area contributed by atoms with E-state index < -0.39 is 23.5 Å². The van der Waals surface area contributed by atoms with Gasteiger partial charge in [-0.3, -0.25) is 9.59 Å². The third kappa shape index (κ3) is 5.40. The molecule has 3 aromatic rings. The number of rotatable bonds is 9. The Morgan fingerprint density at radius 2 is 2.03 bits per heavy atom. The van der Waals surface area contributed by atoms with Crippen molar-refractivity contribution in [1.29, 1.82) is 0 Å². The molecule has 0 fully saturated rings. The fraction of sp³-hybridized carbons (Fsp3) is 0.125. The van der Waals surface area contributed by atoms with Crippen molar-refractivity contribution in [3.05, 3.63) is 107 Å². The van der Waals surface area contributed by atoms with Gasteiger partial charge in [0.1, 0.15) is 11.3 Å². The Kier molecular flexibility index (Phi) is 7.48. The number of carbonyl (C=O) groups excluding carboxylic acids is 2. The quantitative estimate of drug-likeness (QED) is 0.381. The Balaban J connectivity index is 1.87. The first-order valence-electron chi connectivity index (χ1n) is 10.0. The van der Waals surface area contributed by atoms with E-state index in [4.69, 9.17) is 9.26 Å². The molecule has 0 saturated carbocycles. The molecular weight excluding hydrogens is 424 g/mol. The lowest BCUT2D eigenvalue weighted by Gasteiger charge is -2.20. The minimum atomic E-state index is -0.688. The van der Waals surface area contributed by atoms with Gasteiger partial charge in [0.15, 0.2) is 5.82 Å². The highest BCUT2D eigenvalue weighted by Gasteiger charge is 2.22. The maximum Gasteiger partial charge on any atom is 0.377 e. The highest BCUT2D eigenvalue weighted by molar-refractivity contribution is 5.94. The molecule has 33 heavy (non-hydrogen) atoms. The van der Waals surface area contributed by atoms with Crippen LogP contribution in [0.25, 0.3) is 11.5 Å². The smallest absolute Gasteiger partial charge is 0.377 e. The molecule has 2 N–H and O–H groups in total. The lowest BCUT2D eigenvalue weighted by molar-refractivity contribution is 0.0479. The van der Waals surface area contributed by atoms with Crippen LogP contribution in [0.3, 0.4) is 0 Å². The van der Waals surface area contributed by atoms with E-state index in [0.29, 0.717) is 5.57 Å². The molecule has 0 aliphatic carbocycles. The van der Waals surface area contributed by atoms with Crippen LogP contribution in [-0.2, 0) is 4.74 Å². The Morgan fingerprint density at radius 1 is 1.27 bits per heavy atom. The topological polar surface area (TPSA) is 127 Å². The number of aromatic amines is 1. The van der Waals surface area contributed by atoms with Crippen LogP contribution in [0.2, 0.25) is 0 Å². The molecule has 9 heteroatoms. The number of aromatic nitrogens is 3. The van der Waals surface area contributed by atoms with E-state index in [9.17, 15) is 14.4 Å². The Labute approximate surface area is 189 Å². The third-order valence-corrected chi connectivity index (χ3v) is 4.56. The number of ether oxygens (including phenoxy) is 1. The molecule has 2 heterocycles. The average Bonchev–Trinajstić information content (AvgIpc) is 3.32. The number of nitrogens with zero attached hydrogens (tertiary/aromatic N) is 2. The van der Waals surface area contributed by atoms with Gasteiger partial charge in [0, 0.05) is 12.3 Å². The normalized spacial score (nSPS) is 12.0. The average molecular weight is 446 g/mol. The lowest BCUT2D eigenvalue weighted by atomic mass is 9.97. The van der Waals surface area contributed by atoms with Gasteiger partial charge in [-0.1, -0.05) is 66.9 Å². The van der Waals surface area contributed by atoms with Crippen LogP contribution in [0.1, 0.15) is 39.4 Å². The summed E-state index contributed by atoms with van der Waals surface area (Å²) in [5.41, 5.74) is 0.731. The van der Waals surface area contributed by atoms with E-state index in [-0.39, 0.29) is 29.4 Å². The van der Waals surface area contributed by atoms with Gasteiger partial charge in [-0.25, -0.2) is 9.78 Å². The molecule has 0 bridgehead atoms. The summed E-state index contributed by atoms with van der Waals surface area (Å²) >= 11 is 0. The summed E-state index contributed by atoms with van der Waals surface area (Å²) in [6.45, 7) is 9.32. The van der Waals surface area contributed by atoms with Gasteiger partial charge in [-0.05, 0) is 18.1 Å². The number of H-pyrrole nitrogens is 1. The van der Waals surface area contributed by atoms with Gasteiger partial charge in [-0.15, -0.1) is 0 Å². The van der Waals surface area contributed by atoms with E-state index in [1.165, 1.54) is 6.07 Å². The standard InChI is InChI=1S/C24H22N4O5/c1-4-10-15(5-2)20(16-11-8-7-9-12-16)26-22(29)17-14-25-21(27-23(17)30)18-13-19(33-28-18)24(31)32-6-3/h4-5,7-14,20H,1-2,6H2,3H3,(H,26,29)(H,25,27,30)/b15-10+. The second kappa shape index (κ2) is 10.7. The molecule has 1 amide bonds. The van der Waals surface area contributed by atoms with Crippen LogP contribution >= 0.6 is 0 Å². The van der Waals surface area contributed by atoms with Crippen LogP contribution in [0.15, 0.2) is 88.9 Å². The highest BCUT2D eigenvalue weighted by atomic mass is 16.6. The summed E-state index contributed by atoms with van der Waals surface area (Å²) in [4.78, 5) is 43.9. The molecular formula is C24H22N4O5. The summed E-state index contributed by atoms with van der Waals surface area (Å²) < 4.78 is 9.76. The van der Waals surface area contributed by atoms with Crippen molar-refractivity contribution >= 4 is 11.9 Å². The molecule has 0 aliphatic rings. The molecule has 0 spiro atoms. The van der Waals surface area contributed by atoms with Crippen molar-refractivity contribution in [2.45, 2.75) is 13.0 Å². The molecule has 0 radical (unpaired) electrons. The zero-order valence-electron chi connectivity index (χ0n) is 17.9. The predicted octanol–water partition coefficient (Wildman–Crippen LogP) is 3.37. The van der Waals surface area contributed by atoms with Crippen LogP contribution < -0.4 is 10.9 Å². The summed E-state index contributed by atoms with van der Waals surface area (Å²) in [5, 5.41) is 6.55. The first kappa shape index (κ1) is 23.1. The minimum Gasteiger partial charge on any atom is -0.460 e. The van der Waals surface area contributed by atoms with Crippen LogP contribution in [0.5, 0.6) is 0 Å². The van der Waals surface area contributed by atoms with Gasteiger partial charge >= 0.3 is 5.97 Å². The molecule has 1 aromatic carbocycles. The van der Waals surface area contributed by atoms with Crippen LogP contribution in [-0.4, -0.2) is 33.6 Å². The molecule has 0 saturated heterocycles. The zero-order valence-corrected chi connectivity index (χ0v) is 17.9. The highest BCUT2D eigenvalue weighted by Crippen LogP contribution is 2.23. The third-order valence-electron chi connectivity index (χ3n) is 4.56. The van der Waals surface area contributed by atoms with E-state index in [1.54, 1.807) is 25.2 Å². The van der Waals surface area contributed by atoms with Gasteiger partial charge in [0.05, 0.1) is 12.6 Å². The van der Waals surface area contributed by atoms with Crippen molar-refractivity contribution in [3.8, 4) is 11.5 Å². The number of amides is 1. The molecule has 9 nitrogen and oxygen atoms in total. The predicted molar refractivity (Wildman–Crippen MR) is 121 cm³/mol. The van der Waals surface area contributed by atoms with E-state index in [2.05, 4.69) is 33.6 Å². The van der Waals surface area contributed by atoms with Crippen LogP contribution in [0, 0.1) is 0 Å². The Bertz CT molecular complexity index is 1260. The van der Waals surface area contributed by atoms with Crippen molar-refractivity contribution in [1.82, 2.24) is 20.4 Å². The number of allylic oxidation sites excluding steroid dienone is 2. The summed E-state index contributed by atoms with van der Waals surface area (Å²) in [5.74, 6) is -1.41. The molecule has 1 atom stereocenters. The van der Waals surface area contributed by atoms with Gasteiger partial charge in [0.2, 0.25) is 5.76 Å². The molecule has 2 aromatic heterocycles. The fourth-order valence-electron chi connectivity index (χ4n) is 3.00. The monoisotopic (exact) mass is 446 g/mol. The first-order valence-corrected chi connectivity index (χ1v) is 10.0. The molecule has 168 valence electrons. The first-order chi connectivity index (χ1) is 16.0. The number of hydrogen-bond donors (Lipinski definition) is 2. The molecule has 0 aliphatic heterocycles. The van der Waals surface area contributed by atoms with Crippen molar-refractivity contribution in [2.75, 3.05) is 6.61 Å².